The Morgan fingerprint density at radius 1 is 1.33 bits per heavy atom. The molecule has 0 aromatic rings. The van der Waals surface area contributed by atoms with E-state index in [-0.39, 0.29) is 0 Å². The maximum atomic E-state index is 10.6. The van der Waals surface area contributed by atoms with Gasteiger partial charge in [-0.3, -0.25) is 0 Å². The summed E-state index contributed by atoms with van der Waals surface area (Å²) in [6, 6.07) is 2.47. The van der Waals surface area contributed by atoms with Gasteiger partial charge in [0.05, 0.1) is 17.1 Å². The maximum absolute atomic E-state index is 10.6. The Bertz CT molecular complexity index is 275. The summed E-state index contributed by atoms with van der Waals surface area (Å²) < 4.78 is 0. The molecule has 0 bridgehead atoms. The lowest BCUT2D eigenvalue weighted by Crippen LogP contribution is -2.43. The zero-order valence-electron chi connectivity index (χ0n) is 9.63. The molecule has 2 atom stereocenters. The molecule has 2 nitrogen and oxygen atoms in total. The number of hydrogen-bond donors (Lipinski definition) is 1. The fraction of sp³-hybridized carbons (Fsp3) is 0.923. The van der Waals surface area contributed by atoms with E-state index in [4.69, 9.17) is 0 Å². The molecule has 2 fully saturated rings. The Morgan fingerprint density at radius 3 is 2.47 bits per heavy atom. The topological polar surface area (TPSA) is 44.0 Å². The lowest BCUT2D eigenvalue weighted by Gasteiger charge is -2.37. The van der Waals surface area contributed by atoms with E-state index in [0.717, 1.165) is 51.4 Å². The highest BCUT2D eigenvalue weighted by atomic mass is 16.3. The lowest BCUT2D eigenvalue weighted by atomic mass is 9.70. The molecule has 2 saturated carbocycles. The number of nitriles is 1. The van der Waals surface area contributed by atoms with Gasteiger partial charge in [-0.15, -0.1) is 0 Å². The van der Waals surface area contributed by atoms with Gasteiger partial charge in [0.15, 0.2) is 0 Å². The van der Waals surface area contributed by atoms with Crippen LogP contribution in [0.25, 0.3) is 0 Å². The summed E-state index contributed by atoms with van der Waals surface area (Å²) in [7, 11) is 0. The van der Waals surface area contributed by atoms with Crippen molar-refractivity contribution >= 4 is 0 Å². The largest absolute Gasteiger partial charge is 0.388 e. The molecule has 0 aromatic heterocycles. The summed E-state index contributed by atoms with van der Waals surface area (Å²) in [5.41, 5.74) is -1.07. The molecule has 2 heteroatoms. The van der Waals surface area contributed by atoms with E-state index in [0.29, 0.717) is 5.92 Å². The third-order valence-corrected chi connectivity index (χ3v) is 4.73. The molecular formula is C13H21NO. The average Bonchev–Trinajstić information content (AvgIpc) is 2.85. The van der Waals surface area contributed by atoms with Gasteiger partial charge in [0.25, 0.3) is 0 Å². The van der Waals surface area contributed by atoms with Crippen LogP contribution in [0.1, 0.15) is 58.3 Å². The molecule has 0 saturated heterocycles. The monoisotopic (exact) mass is 207 g/mol. The third kappa shape index (κ3) is 1.58. The first-order chi connectivity index (χ1) is 7.16. The van der Waals surface area contributed by atoms with Crippen molar-refractivity contribution in [1.29, 1.82) is 5.26 Å². The molecule has 0 heterocycles. The highest BCUT2D eigenvalue weighted by Gasteiger charge is 2.55. The second-order valence-corrected chi connectivity index (χ2v) is 5.45. The van der Waals surface area contributed by atoms with Crippen molar-refractivity contribution in [3.8, 4) is 6.07 Å². The SMILES string of the molecule is CCC1CCC(C#N)(C2(O)CCCC2)C1. The predicted molar refractivity (Wildman–Crippen MR) is 59.1 cm³/mol. The highest BCUT2D eigenvalue weighted by Crippen LogP contribution is 2.55. The van der Waals surface area contributed by atoms with E-state index in [1.54, 1.807) is 0 Å². The standard InChI is InChI=1S/C13H21NO/c1-2-11-5-8-12(9-11,10-14)13(15)6-3-4-7-13/h11,15H,2-9H2,1H3. The summed E-state index contributed by atoms with van der Waals surface area (Å²) in [6.45, 7) is 2.19. The number of aliphatic hydroxyl groups is 1. The summed E-state index contributed by atoms with van der Waals surface area (Å²) in [6.07, 6.45) is 8.00. The molecule has 84 valence electrons. The molecule has 0 amide bonds. The molecule has 0 radical (unpaired) electrons. The van der Waals surface area contributed by atoms with E-state index in [9.17, 15) is 10.4 Å². The van der Waals surface area contributed by atoms with Crippen LogP contribution in [-0.2, 0) is 0 Å². The Morgan fingerprint density at radius 2 is 2.00 bits per heavy atom. The second-order valence-electron chi connectivity index (χ2n) is 5.45. The molecule has 15 heavy (non-hydrogen) atoms. The quantitative estimate of drug-likeness (QED) is 0.756. The van der Waals surface area contributed by atoms with Crippen molar-refractivity contribution in [3.63, 3.8) is 0 Å². The van der Waals surface area contributed by atoms with Gasteiger partial charge in [0.2, 0.25) is 0 Å². The van der Waals surface area contributed by atoms with E-state index < -0.39 is 11.0 Å². The van der Waals surface area contributed by atoms with Crippen LogP contribution < -0.4 is 0 Å². The Balaban J connectivity index is 2.20. The molecule has 1 N–H and O–H groups in total. The van der Waals surface area contributed by atoms with Gasteiger partial charge in [0, 0.05) is 0 Å². The van der Waals surface area contributed by atoms with Gasteiger partial charge in [0.1, 0.15) is 0 Å². The summed E-state index contributed by atoms with van der Waals surface area (Å²) in [4.78, 5) is 0. The predicted octanol–water partition coefficient (Wildman–Crippen LogP) is 3.01. The summed E-state index contributed by atoms with van der Waals surface area (Å²) in [5, 5.41) is 20.1. The molecule has 2 aliphatic rings. The van der Waals surface area contributed by atoms with E-state index in [2.05, 4.69) is 13.0 Å². The second kappa shape index (κ2) is 3.79. The van der Waals surface area contributed by atoms with Crippen LogP contribution in [0.2, 0.25) is 0 Å². The van der Waals surface area contributed by atoms with E-state index in [1.165, 1.54) is 0 Å². The minimum atomic E-state index is -0.661. The van der Waals surface area contributed by atoms with Gasteiger partial charge in [-0.1, -0.05) is 26.2 Å². The van der Waals surface area contributed by atoms with Gasteiger partial charge in [-0.2, -0.15) is 5.26 Å². The van der Waals surface area contributed by atoms with Crippen molar-refractivity contribution in [1.82, 2.24) is 0 Å². The normalized spacial score (nSPS) is 39.1. The van der Waals surface area contributed by atoms with Crippen LogP contribution >= 0.6 is 0 Å². The fourth-order valence-electron chi connectivity index (χ4n) is 3.56. The molecule has 2 rings (SSSR count). The number of rotatable bonds is 2. The van der Waals surface area contributed by atoms with Crippen LogP contribution in [0, 0.1) is 22.7 Å². The Kier molecular flexibility index (Phi) is 2.77. The number of nitrogens with zero attached hydrogens (tertiary/aromatic N) is 1. The van der Waals surface area contributed by atoms with Crippen LogP contribution in [0.15, 0.2) is 0 Å². The van der Waals surface area contributed by atoms with Crippen molar-refractivity contribution in [2.45, 2.75) is 63.9 Å². The van der Waals surface area contributed by atoms with Gasteiger partial charge >= 0.3 is 0 Å². The highest BCUT2D eigenvalue weighted by molar-refractivity contribution is 5.15. The van der Waals surface area contributed by atoms with Crippen molar-refractivity contribution in [3.05, 3.63) is 0 Å². The van der Waals surface area contributed by atoms with Crippen LogP contribution in [0.3, 0.4) is 0 Å². The van der Waals surface area contributed by atoms with Crippen LogP contribution in [0.4, 0.5) is 0 Å². The minimum Gasteiger partial charge on any atom is -0.388 e. The number of hydrogen-bond acceptors (Lipinski definition) is 2. The van der Waals surface area contributed by atoms with Gasteiger partial charge in [-0.25, -0.2) is 0 Å². The fourth-order valence-corrected chi connectivity index (χ4v) is 3.56. The summed E-state index contributed by atoms with van der Waals surface area (Å²) in [5.74, 6) is 0.661. The van der Waals surface area contributed by atoms with E-state index >= 15 is 0 Å². The van der Waals surface area contributed by atoms with Gasteiger partial charge in [-0.05, 0) is 38.0 Å². The molecule has 0 aliphatic heterocycles. The molecule has 2 unspecified atom stereocenters. The van der Waals surface area contributed by atoms with E-state index in [1.807, 2.05) is 0 Å². The smallest absolute Gasteiger partial charge is 0.0863 e. The third-order valence-electron chi connectivity index (χ3n) is 4.73. The average molecular weight is 207 g/mol. The molecule has 0 spiro atoms. The Labute approximate surface area is 92.3 Å². The first kappa shape index (κ1) is 11.0. The molecular weight excluding hydrogens is 186 g/mol. The minimum absolute atomic E-state index is 0.413. The van der Waals surface area contributed by atoms with Crippen molar-refractivity contribution in [2.24, 2.45) is 11.3 Å². The molecule has 0 aromatic carbocycles. The zero-order chi connectivity index (χ0) is 10.9. The zero-order valence-corrected chi connectivity index (χ0v) is 9.63. The van der Waals surface area contributed by atoms with Crippen molar-refractivity contribution < 1.29 is 5.11 Å². The maximum Gasteiger partial charge on any atom is 0.0863 e. The lowest BCUT2D eigenvalue weighted by molar-refractivity contribution is -0.0485. The Hall–Kier alpha value is -0.550. The summed E-state index contributed by atoms with van der Waals surface area (Å²) >= 11 is 0. The van der Waals surface area contributed by atoms with Crippen LogP contribution in [0.5, 0.6) is 0 Å². The first-order valence-corrected chi connectivity index (χ1v) is 6.29. The first-order valence-electron chi connectivity index (χ1n) is 6.29. The van der Waals surface area contributed by atoms with Gasteiger partial charge < -0.3 is 5.11 Å². The van der Waals surface area contributed by atoms with Crippen LogP contribution in [-0.4, -0.2) is 10.7 Å². The van der Waals surface area contributed by atoms with Crippen molar-refractivity contribution in [2.75, 3.05) is 0 Å². The molecule has 2 aliphatic carbocycles.